The molecule has 1 atom stereocenters. The number of nitrogens with zero attached hydrogens (tertiary/aromatic N) is 1. The van der Waals surface area contributed by atoms with E-state index in [1.54, 1.807) is 19.1 Å². The number of sulfone groups is 1. The SMILES string of the molecule is CCS(=O)(=O)CCOc1ccc(S(=O)(=O)N2CCCC2CN)cc1. The van der Waals surface area contributed by atoms with E-state index in [0.29, 0.717) is 18.8 Å². The van der Waals surface area contributed by atoms with E-state index in [-0.39, 0.29) is 29.0 Å². The first-order valence-electron chi connectivity index (χ1n) is 7.95. The summed E-state index contributed by atoms with van der Waals surface area (Å²) in [4.78, 5) is 0.191. The zero-order valence-electron chi connectivity index (χ0n) is 13.7. The molecule has 0 aliphatic carbocycles. The highest BCUT2D eigenvalue weighted by Gasteiger charge is 2.34. The molecule has 1 saturated heterocycles. The highest BCUT2D eigenvalue weighted by atomic mass is 32.2. The lowest BCUT2D eigenvalue weighted by Gasteiger charge is -2.22. The maximum Gasteiger partial charge on any atom is 0.243 e. The van der Waals surface area contributed by atoms with Gasteiger partial charge in [0.1, 0.15) is 12.4 Å². The van der Waals surface area contributed by atoms with E-state index in [4.69, 9.17) is 10.5 Å². The Morgan fingerprint density at radius 3 is 2.46 bits per heavy atom. The first kappa shape index (κ1) is 19.2. The molecule has 2 rings (SSSR count). The number of sulfonamides is 1. The van der Waals surface area contributed by atoms with Gasteiger partial charge in [-0.2, -0.15) is 4.31 Å². The van der Waals surface area contributed by atoms with Gasteiger partial charge in [0.2, 0.25) is 10.0 Å². The van der Waals surface area contributed by atoms with Crippen LogP contribution in [0.25, 0.3) is 0 Å². The Bertz CT molecular complexity index is 745. The van der Waals surface area contributed by atoms with Crippen LogP contribution in [0, 0.1) is 0 Å². The second-order valence-electron chi connectivity index (χ2n) is 5.70. The summed E-state index contributed by atoms with van der Waals surface area (Å²) in [6, 6.07) is 5.89. The van der Waals surface area contributed by atoms with Crippen molar-refractivity contribution in [1.82, 2.24) is 4.31 Å². The minimum Gasteiger partial charge on any atom is -0.493 e. The number of benzene rings is 1. The molecule has 0 radical (unpaired) electrons. The molecule has 1 aliphatic heterocycles. The maximum atomic E-state index is 12.6. The van der Waals surface area contributed by atoms with Gasteiger partial charge in [-0.1, -0.05) is 6.92 Å². The van der Waals surface area contributed by atoms with E-state index in [1.807, 2.05) is 0 Å². The van der Waals surface area contributed by atoms with Crippen molar-refractivity contribution in [3.8, 4) is 5.75 Å². The number of hydrogen-bond donors (Lipinski definition) is 1. The van der Waals surface area contributed by atoms with Crippen LogP contribution in [0.15, 0.2) is 29.2 Å². The van der Waals surface area contributed by atoms with Crippen LogP contribution >= 0.6 is 0 Å². The quantitative estimate of drug-likeness (QED) is 0.712. The van der Waals surface area contributed by atoms with E-state index >= 15 is 0 Å². The number of hydrogen-bond acceptors (Lipinski definition) is 6. The maximum absolute atomic E-state index is 12.6. The normalized spacial score (nSPS) is 19.5. The lowest BCUT2D eigenvalue weighted by Crippen LogP contribution is -2.39. The number of ether oxygens (including phenoxy) is 1. The van der Waals surface area contributed by atoms with E-state index in [0.717, 1.165) is 12.8 Å². The number of nitrogens with two attached hydrogens (primary N) is 1. The molecular formula is C15H24N2O5S2. The fraction of sp³-hybridized carbons (Fsp3) is 0.600. The topological polar surface area (TPSA) is 107 Å². The van der Waals surface area contributed by atoms with Crippen molar-refractivity contribution in [2.45, 2.75) is 30.7 Å². The summed E-state index contributed by atoms with van der Waals surface area (Å²) < 4.78 is 54.9. The highest BCUT2D eigenvalue weighted by molar-refractivity contribution is 7.91. The molecule has 136 valence electrons. The summed E-state index contributed by atoms with van der Waals surface area (Å²) in [6.07, 6.45) is 1.59. The van der Waals surface area contributed by atoms with Crippen molar-refractivity contribution in [2.75, 3.05) is 31.2 Å². The second-order valence-corrected chi connectivity index (χ2v) is 10.1. The zero-order valence-corrected chi connectivity index (χ0v) is 15.4. The molecule has 7 nitrogen and oxygen atoms in total. The van der Waals surface area contributed by atoms with Gasteiger partial charge in [-0.05, 0) is 37.1 Å². The summed E-state index contributed by atoms with van der Waals surface area (Å²) in [6.45, 7) is 2.43. The molecule has 1 aromatic rings. The Balaban J connectivity index is 2.03. The Kier molecular flexibility index (Phi) is 6.24. The van der Waals surface area contributed by atoms with Crippen LogP contribution in [0.1, 0.15) is 19.8 Å². The van der Waals surface area contributed by atoms with Gasteiger partial charge >= 0.3 is 0 Å². The first-order valence-corrected chi connectivity index (χ1v) is 11.2. The second kappa shape index (κ2) is 7.81. The minimum absolute atomic E-state index is 0.0453. The molecule has 1 aromatic carbocycles. The summed E-state index contributed by atoms with van der Waals surface area (Å²) in [5, 5.41) is 0. The molecule has 24 heavy (non-hydrogen) atoms. The van der Waals surface area contributed by atoms with Crippen molar-refractivity contribution in [1.29, 1.82) is 0 Å². The van der Waals surface area contributed by atoms with Crippen molar-refractivity contribution >= 4 is 19.9 Å². The molecule has 9 heteroatoms. The molecule has 1 fully saturated rings. The standard InChI is InChI=1S/C15H24N2O5S2/c1-2-23(18,19)11-10-22-14-5-7-15(8-6-14)24(20,21)17-9-3-4-13(17)12-16/h5-8,13H,2-4,9-12,16H2,1H3. The van der Waals surface area contributed by atoms with Gasteiger partial charge in [0, 0.05) is 24.9 Å². The molecule has 1 unspecified atom stereocenters. The average Bonchev–Trinajstić information content (AvgIpc) is 3.05. The predicted octanol–water partition coefficient (Wildman–Crippen LogP) is 0.612. The van der Waals surface area contributed by atoms with Crippen molar-refractivity contribution < 1.29 is 21.6 Å². The van der Waals surface area contributed by atoms with Gasteiger partial charge in [0.25, 0.3) is 0 Å². The summed E-state index contributed by atoms with van der Waals surface area (Å²) in [5.74, 6) is 0.457. The third-order valence-electron chi connectivity index (χ3n) is 4.13. The van der Waals surface area contributed by atoms with Gasteiger partial charge < -0.3 is 10.5 Å². The van der Waals surface area contributed by atoms with E-state index in [1.165, 1.54) is 16.4 Å². The zero-order chi connectivity index (χ0) is 17.8. The molecule has 0 bridgehead atoms. The summed E-state index contributed by atoms with van der Waals surface area (Å²) >= 11 is 0. The van der Waals surface area contributed by atoms with Crippen LogP contribution in [0.2, 0.25) is 0 Å². The van der Waals surface area contributed by atoms with Crippen LogP contribution in [0.5, 0.6) is 5.75 Å². The summed E-state index contributed by atoms with van der Waals surface area (Å²) in [7, 11) is -6.64. The molecular weight excluding hydrogens is 352 g/mol. The highest BCUT2D eigenvalue weighted by Crippen LogP contribution is 2.26. The van der Waals surface area contributed by atoms with Gasteiger partial charge in [0.15, 0.2) is 9.84 Å². The van der Waals surface area contributed by atoms with Crippen LogP contribution in [-0.2, 0) is 19.9 Å². The van der Waals surface area contributed by atoms with Crippen molar-refractivity contribution in [2.24, 2.45) is 5.73 Å². The minimum atomic E-state index is -3.56. The fourth-order valence-electron chi connectivity index (χ4n) is 2.64. The van der Waals surface area contributed by atoms with Crippen LogP contribution < -0.4 is 10.5 Å². The van der Waals surface area contributed by atoms with E-state index < -0.39 is 19.9 Å². The largest absolute Gasteiger partial charge is 0.493 e. The molecule has 1 heterocycles. The lowest BCUT2D eigenvalue weighted by atomic mass is 10.2. The van der Waals surface area contributed by atoms with Crippen molar-refractivity contribution in [3.05, 3.63) is 24.3 Å². The van der Waals surface area contributed by atoms with Crippen LogP contribution in [-0.4, -0.2) is 58.4 Å². The first-order chi connectivity index (χ1) is 11.3. The predicted molar refractivity (Wildman–Crippen MR) is 92.2 cm³/mol. The van der Waals surface area contributed by atoms with Gasteiger partial charge in [-0.3, -0.25) is 0 Å². The molecule has 1 aliphatic rings. The van der Waals surface area contributed by atoms with E-state index in [2.05, 4.69) is 0 Å². The van der Waals surface area contributed by atoms with Crippen molar-refractivity contribution in [3.63, 3.8) is 0 Å². The van der Waals surface area contributed by atoms with Gasteiger partial charge in [-0.25, -0.2) is 16.8 Å². The Morgan fingerprint density at radius 1 is 1.21 bits per heavy atom. The smallest absolute Gasteiger partial charge is 0.243 e. The van der Waals surface area contributed by atoms with Crippen LogP contribution in [0.3, 0.4) is 0 Å². The molecule has 0 saturated carbocycles. The molecule has 0 amide bonds. The fourth-order valence-corrected chi connectivity index (χ4v) is 4.97. The lowest BCUT2D eigenvalue weighted by molar-refractivity contribution is 0.340. The van der Waals surface area contributed by atoms with Gasteiger partial charge in [0.05, 0.1) is 10.6 Å². The molecule has 0 spiro atoms. The Morgan fingerprint density at radius 2 is 1.88 bits per heavy atom. The van der Waals surface area contributed by atoms with Crippen LogP contribution in [0.4, 0.5) is 0 Å². The van der Waals surface area contributed by atoms with Gasteiger partial charge in [-0.15, -0.1) is 0 Å². The molecule has 2 N–H and O–H groups in total. The summed E-state index contributed by atoms with van der Waals surface area (Å²) in [5.41, 5.74) is 5.65. The average molecular weight is 377 g/mol. The monoisotopic (exact) mass is 376 g/mol. The van der Waals surface area contributed by atoms with E-state index in [9.17, 15) is 16.8 Å². The number of rotatable bonds is 8. The molecule has 0 aromatic heterocycles. The Hall–Kier alpha value is -1.16. The third-order valence-corrected chi connectivity index (χ3v) is 7.76. The Labute approximate surface area is 143 Å². The third kappa shape index (κ3) is 4.47.